The summed E-state index contributed by atoms with van der Waals surface area (Å²) in [5.74, 6) is 1.28. The summed E-state index contributed by atoms with van der Waals surface area (Å²) >= 11 is 1.43. The molecule has 2 aromatic rings. The monoisotopic (exact) mass is 289 g/mol. The molecule has 3 heterocycles. The SMILES string of the molecule is CN1CCC(CNc2snc(N)c2-c2cccnc2)C1. The second-order valence-electron chi connectivity index (χ2n) is 5.31. The summed E-state index contributed by atoms with van der Waals surface area (Å²) in [6.07, 6.45) is 4.84. The van der Waals surface area contributed by atoms with Gasteiger partial charge >= 0.3 is 0 Å². The normalized spacial score (nSPS) is 19.4. The number of aromatic nitrogens is 2. The van der Waals surface area contributed by atoms with Crippen molar-refractivity contribution < 1.29 is 0 Å². The van der Waals surface area contributed by atoms with Crippen LogP contribution in [0.15, 0.2) is 24.5 Å². The van der Waals surface area contributed by atoms with Crippen molar-refractivity contribution in [3.05, 3.63) is 24.5 Å². The fourth-order valence-corrected chi connectivity index (χ4v) is 3.39. The molecule has 3 N–H and O–H groups in total. The minimum absolute atomic E-state index is 0.578. The second kappa shape index (κ2) is 5.76. The van der Waals surface area contributed by atoms with Crippen LogP contribution in [-0.4, -0.2) is 40.9 Å². The Bertz CT molecular complexity index is 568. The van der Waals surface area contributed by atoms with Crippen LogP contribution >= 0.6 is 11.5 Å². The standard InChI is InChI=1S/C14H19N5S/c1-19-6-4-10(9-19)7-17-14-12(13(15)18-20-14)11-3-2-5-16-8-11/h2-3,5,8,10,17H,4,6-7,9H2,1H3,(H2,15,18). The minimum atomic E-state index is 0.578. The van der Waals surface area contributed by atoms with Gasteiger partial charge in [-0.3, -0.25) is 4.98 Å². The van der Waals surface area contributed by atoms with Crippen LogP contribution in [0.25, 0.3) is 11.1 Å². The molecule has 0 saturated carbocycles. The first-order chi connectivity index (χ1) is 9.74. The molecule has 1 aliphatic heterocycles. The molecule has 1 unspecified atom stereocenters. The van der Waals surface area contributed by atoms with Gasteiger partial charge in [-0.1, -0.05) is 6.07 Å². The van der Waals surface area contributed by atoms with Crippen LogP contribution in [-0.2, 0) is 0 Å². The van der Waals surface area contributed by atoms with Crippen molar-refractivity contribution in [2.45, 2.75) is 6.42 Å². The van der Waals surface area contributed by atoms with E-state index in [9.17, 15) is 0 Å². The van der Waals surface area contributed by atoms with Crippen molar-refractivity contribution in [2.24, 2.45) is 5.92 Å². The first-order valence-electron chi connectivity index (χ1n) is 6.82. The summed E-state index contributed by atoms with van der Waals surface area (Å²) in [4.78, 5) is 6.53. The second-order valence-corrected chi connectivity index (χ2v) is 6.08. The van der Waals surface area contributed by atoms with Crippen molar-refractivity contribution in [3.8, 4) is 11.1 Å². The number of nitrogens with two attached hydrogens (primary N) is 1. The van der Waals surface area contributed by atoms with Gasteiger partial charge in [0.05, 0.1) is 5.56 Å². The summed E-state index contributed by atoms with van der Waals surface area (Å²) in [6.45, 7) is 3.31. The van der Waals surface area contributed by atoms with Crippen molar-refractivity contribution in [1.82, 2.24) is 14.3 Å². The molecule has 5 nitrogen and oxygen atoms in total. The number of hydrogen-bond donors (Lipinski definition) is 2. The molecule has 1 fully saturated rings. The highest BCUT2D eigenvalue weighted by Crippen LogP contribution is 2.36. The van der Waals surface area contributed by atoms with Gasteiger partial charge in [0.15, 0.2) is 0 Å². The van der Waals surface area contributed by atoms with Crippen molar-refractivity contribution >= 4 is 22.4 Å². The van der Waals surface area contributed by atoms with Gasteiger partial charge < -0.3 is 16.0 Å². The first kappa shape index (κ1) is 13.3. The number of nitrogens with one attached hydrogen (secondary N) is 1. The van der Waals surface area contributed by atoms with Crippen molar-refractivity contribution in [2.75, 3.05) is 37.7 Å². The van der Waals surface area contributed by atoms with E-state index in [0.717, 1.165) is 29.2 Å². The highest BCUT2D eigenvalue weighted by atomic mass is 32.1. The molecule has 0 aliphatic carbocycles. The molecular formula is C14H19N5S. The van der Waals surface area contributed by atoms with Crippen LogP contribution in [0.5, 0.6) is 0 Å². The molecule has 20 heavy (non-hydrogen) atoms. The Hall–Kier alpha value is -1.66. The van der Waals surface area contributed by atoms with Crippen molar-refractivity contribution in [1.29, 1.82) is 0 Å². The van der Waals surface area contributed by atoms with Gasteiger partial charge in [-0.2, -0.15) is 4.37 Å². The number of nitrogens with zero attached hydrogens (tertiary/aromatic N) is 3. The van der Waals surface area contributed by atoms with Gasteiger partial charge in [-0.05, 0) is 43.5 Å². The lowest BCUT2D eigenvalue weighted by Crippen LogP contribution is -2.19. The summed E-state index contributed by atoms with van der Waals surface area (Å²) in [5, 5.41) is 4.56. The molecule has 1 saturated heterocycles. The molecule has 0 amide bonds. The Kier molecular flexibility index (Phi) is 3.84. The van der Waals surface area contributed by atoms with Crippen LogP contribution < -0.4 is 11.1 Å². The maximum atomic E-state index is 6.00. The fourth-order valence-electron chi connectivity index (χ4n) is 2.64. The molecule has 3 rings (SSSR count). The third-order valence-electron chi connectivity index (χ3n) is 3.71. The Morgan fingerprint density at radius 1 is 1.55 bits per heavy atom. The van der Waals surface area contributed by atoms with Crippen molar-refractivity contribution in [3.63, 3.8) is 0 Å². The summed E-state index contributed by atoms with van der Waals surface area (Å²) in [7, 11) is 2.17. The molecule has 0 bridgehead atoms. The Balaban J connectivity index is 1.74. The average molecular weight is 289 g/mol. The molecule has 106 valence electrons. The van der Waals surface area contributed by atoms with E-state index >= 15 is 0 Å². The Labute approximate surface area is 123 Å². The molecule has 0 aromatic carbocycles. The van der Waals surface area contributed by atoms with Crippen LogP contribution in [0.3, 0.4) is 0 Å². The van der Waals surface area contributed by atoms with E-state index in [1.165, 1.54) is 24.5 Å². The molecular weight excluding hydrogens is 270 g/mol. The zero-order chi connectivity index (χ0) is 13.9. The van der Waals surface area contributed by atoms with Crippen LogP contribution in [0.4, 0.5) is 10.8 Å². The van der Waals surface area contributed by atoms with Crippen LogP contribution in [0.2, 0.25) is 0 Å². The van der Waals surface area contributed by atoms with Gasteiger partial charge in [0.1, 0.15) is 10.8 Å². The van der Waals surface area contributed by atoms with E-state index in [1.54, 1.807) is 6.20 Å². The summed E-state index contributed by atoms with van der Waals surface area (Å²) < 4.78 is 4.27. The summed E-state index contributed by atoms with van der Waals surface area (Å²) in [5.41, 5.74) is 8.00. The zero-order valence-electron chi connectivity index (χ0n) is 11.5. The number of likely N-dealkylation sites (tertiary alicyclic amines) is 1. The van der Waals surface area contributed by atoms with E-state index < -0.39 is 0 Å². The topological polar surface area (TPSA) is 67.1 Å². The predicted octanol–water partition coefficient (Wildman–Crippen LogP) is 2.15. The molecule has 1 aliphatic rings. The highest BCUT2D eigenvalue weighted by molar-refractivity contribution is 7.11. The van der Waals surface area contributed by atoms with Gasteiger partial charge in [0.2, 0.25) is 0 Å². The van der Waals surface area contributed by atoms with Gasteiger partial charge in [0, 0.05) is 31.0 Å². The Morgan fingerprint density at radius 2 is 2.45 bits per heavy atom. The molecule has 0 spiro atoms. The number of rotatable bonds is 4. The van der Waals surface area contributed by atoms with Gasteiger partial charge in [-0.15, -0.1) is 0 Å². The third-order valence-corrected chi connectivity index (χ3v) is 4.53. The zero-order valence-corrected chi connectivity index (χ0v) is 12.4. The van der Waals surface area contributed by atoms with E-state index in [2.05, 4.69) is 26.6 Å². The molecule has 6 heteroatoms. The third kappa shape index (κ3) is 2.76. The maximum absolute atomic E-state index is 6.00. The Morgan fingerprint density at radius 3 is 3.15 bits per heavy atom. The fraction of sp³-hybridized carbons (Fsp3) is 0.429. The maximum Gasteiger partial charge on any atom is 0.147 e. The van der Waals surface area contributed by atoms with Crippen LogP contribution in [0.1, 0.15) is 6.42 Å². The first-order valence-corrected chi connectivity index (χ1v) is 7.59. The number of anilines is 2. The number of pyridine rings is 1. The molecule has 2 aromatic heterocycles. The van der Waals surface area contributed by atoms with Gasteiger partial charge in [0.25, 0.3) is 0 Å². The minimum Gasteiger partial charge on any atom is -0.382 e. The van der Waals surface area contributed by atoms with Gasteiger partial charge in [-0.25, -0.2) is 0 Å². The van der Waals surface area contributed by atoms with E-state index in [0.29, 0.717) is 11.7 Å². The summed E-state index contributed by atoms with van der Waals surface area (Å²) in [6, 6.07) is 3.93. The lowest BCUT2D eigenvalue weighted by atomic mass is 10.1. The van der Waals surface area contributed by atoms with Crippen LogP contribution in [0, 0.1) is 5.92 Å². The molecule has 1 atom stereocenters. The molecule has 0 radical (unpaired) electrons. The largest absolute Gasteiger partial charge is 0.382 e. The van der Waals surface area contributed by atoms with E-state index in [1.807, 2.05) is 18.3 Å². The lowest BCUT2D eigenvalue weighted by Gasteiger charge is -2.12. The lowest BCUT2D eigenvalue weighted by molar-refractivity contribution is 0.399. The average Bonchev–Trinajstić information content (AvgIpc) is 3.03. The smallest absolute Gasteiger partial charge is 0.147 e. The number of nitrogen functional groups attached to an aromatic ring is 1. The predicted molar refractivity (Wildman–Crippen MR) is 83.9 cm³/mol. The highest BCUT2D eigenvalue weighted by Gasteiger charge is 2.20. The van der Waals surface area contributed by atoms with E-state index in [4.69, 9.17) is 5.73 Å². The number of hydrogen-bond acceptors (Lipinski definition) is 6. The quantitative estimate of drug-likeness (QED) is 0.903. The van der Waals surface area contributed by atoms with E-state index in [-0.39, 0.29) is 0 Å².